The molecule has 0 bridgehead atoms. The number of rotatable bonds is 10. The maximum atomic E-state index is 13.2. The van der Waals surface area contributed by atoms with Crippen LogP contribution in [-0.4, -0.2) is 34.3 Å². The van der Waals surface area contributed by atoms with E-state index in [0.29, 0.717) is 12.8 Å². The van der Waals surface area contributed by atoms with E-state index in [2.05, 4.69) is 0 Å². The Labute approximate surface area is 113 Å². The highest BCUT2D eigenvalue weighted by Crippen LogP contribution is 2.46. The largest absolute Gasteiger partial charge is 0.396 e. The van der Waals surface area contributed by atoms with E-state index in [4.69, 9.17) is 10.2 Å². The van der Waals surface area contributed by atoms with E-state index >= 15 is 0 Å². The standard InChI is InChI=1S/C12H20F6O2/c1-2-3-4-5-6-7-8-9(13)10(14,15)11(16,17)12(18,19)20/h9,19-20H,2-8H2,1H3. The van der Waals surface area contributed by atoms with Crippen LogP contribution in [0.15, 0.2) is 0 Å². The Balaban J connectivity index is 4.35. The van der Waals surface area contributed by atoms with Gasteiger partial charge in [0.25, 0.3) is 0 Å². The zero-order chi connectivity index (χ0) is 16.0. The average molecular weight is 310 g/mol. The van der Waals surface area contributed by atoms with Crippen molar-refractivity contribution >= 4 is 0 Å². The van der Waals surface area contributed by atoms with Gasteiger partial charge >= 0.3 is 17.9 Å². The van der Waals surface area contributed by atoms with Gasteiger partial charge in [0.15, 0.2) is 6.17 Å². The third-order valence-corrected chi connectivity index (χ3v) is 3.02. The first-order valence-electron chi connectivity index (χ1n) is 6.51. The maximum absolute atomic E-state index is 13.2. The molecule has 0 amide bonds. The van der Waals surface area contributed by atoms with Gasteiger partial charge in [-0.15, -0.1) is 0 Å². The minimum atomic E-state index is -5.92. The fourth-order valence-corrected chi connectivity index (χ4v) is 1.69. The molecule has 0 saturated carbocycles. The predicted octanol–water partition coefficient (Wildman–Crippen LogP) is 3.95. The molecule has 8 heteroatoms. The van der Waals surface area contributed by atoms with Gasteiger partial charge in [0.05, 0.1) is 0 Å². The molecule has 0 saturated heterocycles. The van der Waals surface area contributed by atoms with Crippen LogP contribution in [0, 0.1) is 0 Å². The molecule has 0 spiro atoms. The van der Waals surface area contributed by atoms with Crippen LogP contribution in [0.3, 0.4) is 0 Å². The summed E-state index contributed by atoms with van der Waals surface area (Å²) in [5.74, 6) is -11.4. The molecule has 0 aromatic carbocycles. The van der Waals surface area contributed by atoms with Gasteiger partial charge in [-0.3, -0.25) is 0 Å². The molecule has 20 heavy (non-hydrogen) atoms. The smallest absolute Gasteiger partial charge is 0.335 e. The van der Waals surface area contributed by atoms with Crippen LogP contribution >= 0.6 is 0 Å². The van der Waals surface area contributed by atoms with E-state index in [-0.39, 0.29) is 6.42 Å². The SMILES string of the molecule is CCCCCCCCC(F)C(F)(F)C(F)(F)C(O)(O)F. The summed E-state index contributed by atoms with van der Waals surface area (Å²) in [5.41, 5.74) is 0. The van der Waals surface area contributed by atoms with Crippen LogP contribution in [0.1, 0.15) is 51.9 Å². The van der Waals surface area contributed by atoms with Crippen molar-refractivity contribution < 1.29 is 36.6 Å². The van der Waals surface area contributed by atoms with Crippen LogP contribution < -0.4 is 0 Å². The van der Waals surface area contributed by atoms with E-state index in [1.165, 1.54) is 0 Å². The summed E-state index contributed by atoms with van der Waals surface area (Å²) in [6.45, 7) is 1.97. The lowest BCUT2D eigenvalue weighted by Crippen LogP contribution is -2.60. The van der Waals surface area contributed by atoms with Gasteiger partial charge in [-0.05, 0) is 6.42 Å². The molecule has 2 N–H and O–H groups in total. The molecule has 0 aliphatic carbocycles. The first kappa shape index (κ1) is 19.5. The minimum absolute atomic E-state index is 0.0628. The Hall–Kier alpha value is -0.500. The number of unbranched alkanes of at least 4 members (excludes halogenated alkanes) is 5. The van der Waals surface area contributed by atoms with Gasteiger partial charge in [-0.25, -0.2) is 4.39 Å². The number of halogens is 6. The maximum Gasteiger partial charge on any atom is 0.396 e. The normalized spacial score (nSPS) is 15.4. The monoisotopic (exact) mass is 310 g/mol. The van der Waals surface area contributed by atoms with Gasteiger partial charge < -0.3 is 10.2 Å². The summed E-state index contributed by atoms with van der Waals surface area (Å²) >= 11 is 0. The quantitative estimate of drug-likeness (QED) is 0.364. The van der Waals surface area contributed by atoms with Crippen LogP contribution in [0.2, 0.25) is 0 Å². The van der Waals surface area contributed by atoms with Crippen molar-refractivity contribution in [3.05, 3.63) is 0 Å². The van der Waals surface area contributed by atoms with Gasteiger partial charge in [0.2, 0.25) is 0 Å². The molecule has 0 aliphatic heterocycles. The van der Waals surface area contributed by atoms with Crippen LogP contribution in [0.4, 0.5) is 26.3 Å². The summed E-state index contributed by atoms with van der Waals surface area (Å²) in [5, 5.41) is 16.0. The Morgan fingerprint density at radius 1 is 0.850 bits per heavy atom. The first-order valence-corrected chi connectivity index (χ1v) is 6.51. The van der Waals surface area contributed by atoms with Crippen molar-refractivity contribution in [1.29, 1.82) is 0 Å². The fraction of sp³-hybridized carbons (Fsp3) is 1.00. The second-order valence-electron chi connectivity index (χ2n) is 4.81. The summed E-state index contributed by atoms with van der Waals surface area (Å²) in [4.78, 5) is 0. The highest BCUT2D eigenvalue weighted by Gasteiger charge is 2.73. The highest BCUT2D eigenvalue weighted by atomic mass is 19.3. The van der Waals surface area contributed by atoms with Crippen molar-refractivity contribution in [2.24, 2.45) is 0 Å². The molecular formula is C12H20F6O2. The van der Waals surface area contributed by atoms with E-state index in [9.17, 15) is 26.3 Å². The molecule has 0 radical (unpaired) electrons. The zero-order valence-electron chi connectivity index (χ0n) is 11.2. The van der Waals surface area contributed by atoms with E-state index in [1.54, 1.807) is 0 Å². The number of hydrogen-bond acceptors (Lipinski definition) is 2. The fourth-order valence-electron chi connectivity index (χ4n) is 1.69. The van der Waals surface area contributed by atoms with Gasteiger partial charge in [-0.2, -0.15) is 22.0 Å². The lowest BCUT2D eigenvalue weighted by Gasteiger charge is -2.32. The number of hydrogen-bond donors (Lipinski definition) is 2. The molecular weight excluding hydrogens is 290 g/mol. The zero-order valence-corrected chi connectivity index (χ0v) is 11.2. The number of alkyl halides is 6. The second-order valence-corrected chi connectivity index (χ2v) is 4.81. The molecule has 0 rings (SSSR count). The van der Waals surface area contributed by atoms with Crippen molar-refractivity contribution in [2.45, 2.75) is 75.9 Å². The average Bonchev–Trinajstić information content (AvgIpc) is 2.31. The van der Waals surface area contributed by atoms with Crippen molar-refractivity contribution in [1.82, 2.24) is 0 Å². The van der Waals surface area contributed by atoms with Crippen LogP contribution in [0.25, 0.3) is 0 Å². The van der Waals surface area contributed by atoms with Gasteiger partial charge in [0, 0.05) is 0 Å². The Morgan fingerprint density at radius 3 is 1.75 bits per heavy atom. The lowest BCUT2D eigenvalue weighted by molar-refractivity contribution is -0.421. The molecule has 1 atom stereocenters. The van der Waals surface area contributed by atoms with E-state index in [0.717, 1.165) is 19.3 Å². The Kier molecular flexibility index (Phi) is 7.30. The minimum Gasteiger partial charge on any atom is -0.335 e. The first-order chi connectivity index (χ1) is 8.98. The molecule has 0 fully saturated rings. The van der Waals surface area contributed by atoms with Crippen molar-refractivity contribution in [2.75, 3.05) is 0 Å². The predicted molar refractivity (Wildman–Crippen MR) is 61.1 cm³/mol. The molecule has 1 unspecified atom stereocenters. The van der Waals surface area contributed by atoms with Crippen molar-refractivity contribution in [3.8, 4) is 0 Å². The molecule has 0 heterocycles. The molecule has 0 aromatic heterocycles. The lowest BCUT2D eigenvalue weighted by atomic mass is 9.99. The second kappa shape index (κ2) is 7.49. The molecule has 2 nitrogen and oxygen atoms in total. The Morgan fingerprint density at radius 2 is 1.30 bits per heavy atom. The summed E-state index contributed by atoms with van der Waals surface area (Å²) in [6, 6.07) is -5.47. The van der Waals surface area contributed by atoms with Crippen LogP contribution in [0.5, 0.6) is 0 Å². The molecule has 0 aliphatic rings. The summed E-state index contributed by atoms with van der Waals surface area (Å²) < 4.78 is 77.0. The summed E-state index contributed by atoms with van der Waals surface area (Å²) in [7, 11) is 0. The third kappa shape index (κ3) is 4.80. The highest BCUT2D eigenvalue weighted by molar-refractivity contribution is 4.95. The van der Waals surface area contributed by atoms with Crippen LogP contribution in [-0.2, 0) is 0 Å². The van der Waals surface area contributed by atoms with E-state index in [1.807, 2.05) is 6.92 Å². The third-order valence-electron chi connectivity index (χ3n) is 3.02. The molecule has 0 aromatic rings. The van der Waals surface area contributed by atoms with Gasteiger partial charge in [0.1, 0.15) is 0 Å². The number of aliphatic hydroxyl groups is 2. The van der Waals surface area contributed by atoms with Gasteiger partial charge in [-0.1, -0.05) is 45.4 Å². The summed E-state index contributed by atoms with van der Waals surface area (Å²) in [6.07, 6.45) is -0.526. The topological polar surface area (TPSA) is 40.5 Å². The molecule has 122 valence electrons. The van der Waals surface area contributed by atoms with Crippen molar-refractivity contribution in [3.63, 3.8) is 0 Å². The Bertz CT molecular complexity index is 278. The van der Waals surface area contributed by atoms with E-state index < -0.39 is 30.5 Å².